The Balaban J connectivity index is 1.43. The minimum Gasteiger partial charge on any atom is -0.361 e. The minimum atomic E-state index is -3.64. The largest absolute Gasteiger partial charge is 0.361 e. The third-order valence-corrected chi connectivity index (χ3v) is 9.76. The highest BCUT2D eigenvalue weighted by molar-refractivity contribution is 7.89. The Hall–Kier alpha value is -2.44. The summed E-state index contributed by atoms with van der Waals surface area (Å²) < 4.78 is 29.5. The smallest absolute Gasteiger partial charge is 0.212 e. The van der Waals surface area contributed by atoms with Crippen LogP contribution in [-0.4, -0.2) is 31.5 Å². The summed E-state index contributed by atoms with van der Waals surface area (Å²) in [6.45, 7) is 4.40. The number of rotatable bonds is 7. The van der Waals surface area contributed by atoms with Crippen LogP contribution in [0, 0.1) is 16.7 Å². The first-order valence-corrected chi connectivity index (χ1v) is 13.0. The van der Waals surface area contributed by atoms with Crippen LogP contribution in [0.1, 0.15) is 50.2 Å². The number of fused-ring (bicyclic) bond motifs is 3. The highest BCUT2D eigenvalue weighted by Crippen LogP contribution is 2.64. The zero-order valence-corrected chi connectivity index (χ0v) is 19.4. The number of carbonyl (C=O) groups excluding carboxylic acids is 1. The maximum absolute atomic E-state index is 13.3. The molecule has 2 aliphatic rings. The van der Waals surface area contributed by atoms with Gasteiger partial charge in [0, 0.05) is 41.4 Å². The molecule has 5 rings (SSSR count). The van der Waals surface area contributed by atoms with Crippen molar-refractivity contribution in [2.75, 3.05) is 12.3 Å². The molecule has 3 aromatic rings. The summed E-state index contributed by atoms with van der Waals surface area (Å²) in [5.41, 5.74) is 2.11. The van der Waals surface area contributed by atoms with Crippen molar-refractivity contribution in [2.24, 2.45) is 16.7 Å². The Labute approximate surface area is 189 Å². The maximum atomic E-state index is 13.3. The summed E-state index contributed by atoms with van der Waals surface area (Å²) in [6.07, 6.45) is 4.11. The summed E-state index contributed by atoms with van der Waals surface area (Å²) in [5, 5.41) is 1.09. The fourth-order valence-electron chi connectivity index (χ4n) is 6.17. The molecule has 0 saturated heterocycles. The molecule has 3 unspecified atom stereocenters. The maximum Gasteiger partial charge on any atom is 0.212 e. The van der Waals surface area contributed by atoms with Crippen molar-refractivity contribution in [2.45, 2.75) is 39.0 Å². The Morgan fingerprint density at radius 1 is 1.09 bits per heavy atom. The SMILES string of the molecule is CC1(C)C2CCC1(CS(=O)(=O)NCC(c1ccccc1)c1c[nH]c3ccccc13)C(=O)C2. The van der Waals surface area contributed by atoms with E-state index in [1.165, 1.54) is 0 Å². The first kappa shape index (κ1) is 21.4. The summed E-state index contributed by atoms with van der Waals surface area (Å²) in [6, 6.07) is 18.0. The van der Waals surface area contributed by atoms with Gasteiger partial charge in [-0.3, -0.25) is 4.79 Å². The first-order chi connectivity index (χ1) is 15.2. The molecular formula is C26H30N2O3S. The molecule has 0 aliphatic heterocycles. The quantitative estimate of drug-likeness (QED) is 0.551. The highest BCUT2D eigenvalue weighted by Gasteiger charge is 2.65. The lowest BCUT2D eigenvalue weighted by atomic mass is 9.70. The van der Waals surface area contributed by atoms with E-state index in [-0.39, 0.29) is 29.4 Å². The molecule has 2 N–H and O–H groups in total. The number of H-pyrrole nitrogens is 1. The monoisotopic (exact) mass is 450 g/mol. The summed E-state index contributed by atoms with van der Waals surface area (Å²) >= 11 is 0. The molecule has 2 aliphatic carbocycles. The highest BCUT2D eigenvalue weighted by atomic mass is 32.2. The number of ketones is 1. The molecule has 1 heterocycles. The molecule has 0 spiro atoms. The molecule has 2 fully saturated rings. The molecular weight excluding hydrogens is 420 g/mol. The van der Waals surface area contributed by atoms with E-state index in [2.05, 4.69) is 29.6 Å². The van der Waals surface area contributed by atoms with Gasteiger partial charge in [-0.25, -0.2) is 13.1 Å². The third kappa shape index (κ3) is 3.32. The van der Waals surface area contributed by atoms with E-state index in [0.717, 1.165) is 28.5 Å². The zero-order valence-electron chi connectivity index (χ0n) is 18.6. The number of para-hydroxylation sites is 1. The second-order valence-corrected chi connectivity index (χ2v) is 11.8. The molecule has 2 aromatic carbocycles. The van der Waals surface area contributed by atoms with Gasteiger partial charge in [-0.1, -0.05) is 62.4 Å². The average Bonchev–Trinajstić information content (AvgIpc) is 3.34. The number of nitrogens with one attached hydrogen (secondary N) is 2. The van der Waals surface area contributed by atoms with Gasteiger partial charge in [0.2, 0.25) is 10.0 Å². The minimum absolute atomic E-state index is 0.113. The number of carbonyl (C=O) groups is 1. The van der Waals surface area contributed by atoms with Crippen molar-refractivity contribution in [3.63, 3.8) is 0 Å². The van der Waals surface area contributed by atoms with Crippen molar-refractivity contribution < 1.29 is 13.2 Å². The van der Waals surface area contributed by atoms with Gasteiger partial charge in [0.15, 0.2) is 0 Å². The van der Waals surface area contributed by atoms with Gasteiger partial charge >= 0.3 is 0 Å². The van der Waals surface area contributed by atoms with Crippen LogP contribution in [0.2, 0.25) is 0 Å². The van der Waals surface area contributed by atoms with Crippen molar-refractivity contribution >= 4 is 26.7 Å². The van der Waals surface area contributed by atoms with Gasteiger partial charge in [-0.15, -0.1) is 0 Å². The van der Waals surface area contributed by atoms with E-state index in [1.54, 1.807) is 0 Å². The van der Waals surface area contributed by atoms with Crippen LogP contribution in [0.4, 0.5) is 0 Å². The summed E-state index contributed by atoms with van der Waals surface area (Å²) in [4.78, 5) is 16.2. The predicted molar refractivity (Wildman–Crippen MR) is 127 cm³/mol. The molecule has 2 saturated carbocycles. The zero-order chi connectivity index (χ0) is 22.6. The fraction of sp³-hybridized carbons (Fsp3) is 0.423. The Morgan fingerprint density at radius 2 is 1.81 bits per heavy atom. The van der Waals surface area contributed by atoms with E-state index in [1.807, 2.05) is 54.7 Å². The molecule has 5 nitrogen and oxygen atoms in total. The van der Waals surface area contributed by atoms with E-state index >= 15 is 0 Å². The van der Waals surface area contributed by atoms with Crippen LogP contribution >= 0.6 is 0 Å². The molecule has 1 aromatic heterocycles. The van der Waals surface area contributed by atoms with Crippen molar-refractivity contribution in [3.05, 3.63) is 71.9 Å². The molecule has 3 atom stereocenters. The molecule has 6 heteroatoms. The number of sulfonamides is 1. The first-order valence-electron chi connectivity index (χ1n) is 11.4. The second-order valence-electron chi connectivity index (χ2n) is 10.0. The van der Waals surface area contributed by atoms with Gasteiger partial charge in [0.25, 0.3) is 0 Å². The average molecular weight is 451 g/mol. The Bertz CT molecular complexity index is 1260. The lowest BCUT2D eigenvalue weighted by Crippen LogP contribution is -2.45. The van der Waals surface area contributed by atoms with Gasteiger partial charge in [-0.2, -0.15) is 0 Å². The van der Waals surface area contributed by atoms with Crippen LogP contribution in [0.25, 0.3) is 10.9 Å². The second kappa shape index (κ2) is 7.56. The molecule has 168 valence electrons. The standard InChI is InChI=1S/C26H30N2O3S/c1-25(2)19-12-13-26(25,24(29)14-19)17-32(30,31)28-16-21(18-8-4-3-5-9-18)22-15-27-23-11-7-6-10-20(22)23/h3-11,15,19,21,27-28H,12-14,16-17H2,1-2H3. The number of hydrogen-bond acceptors (Lipinski definition) is 3. The van der Waals surface area contributed by atoms with Gasteiger partial charge in [0.05, 0.1) is 5.75 Å². The molecule has 0 radical (unpaired) electrons. The van der Waals surface area contributed by atoms with Crippen LogP contribution in [0.5, 0.6) is 0 Å². The number of aromatic nitrogens is 1. The normalized spacial score (nSPS) is 25.4. The van der Waals surface area contributed by atoms with E-state index < -0.39 is 15.4 Å². The Morgan fingerprint density at radius 3 is 2.50 bits per heavy atom. The third-order valence-electron chi connectivity index (χ3n) is 8.28. The van der Waals surface area contributed by atoms with Crippen LogP contribution in [0.15, 0.2) is 60.8 Å². The van der Waals surface area contributed by atoms with Crippen molar-refractivity contribution in [1.82, 2.24) is 9.71 Å². The van der Waals surface area contributed by atoms with Gasteiger partial charge in [-0.05, 0) is 41.4 Å². The van der Waals surface area contributed by atoms with Crippen molar-refractivity contribution in [1.29, 1.82) is 0 Å². The number of hydrogen-bond donors (Lipinski definition) is 2. The van der Waals surface area contributed by atoms with Crippen LogP contribution < -0.4 is 4.72 Å². The van der Waals surface area contributed by atoms with E-state index in [4.69, 9.17) is 0 Å². The lowest BCUT2D eigenvalue weighted by Gasteiger charge is -2.36. The molecule has 32 heavy (non-hydrogen) atoms. The Kier molecular flexibility index (Phi) is 5.06. The van der Waals surface area contributed by atoms with Crippen molar-refractivity contribution in [3.8, 4) is 0 Å². The van der Waals surface area contributed by atoms with E-state index in [9.17, 15) is 13.2 Å². The topological polar surface area (TPSA) is 79.0 Å². The number of Topliss-reactive ketones (excluding diaryl/α,β-unsaturated/α-hetero) is 1. The fourth-order valence-corrected chi connectivity index (χ4v) is 8.02. The summed E-state index contributed by atoms with van der Waals surface area (Å²) in [5.74, 6) is 0.176. The molecule has 0 amide bonds. The lowest BCUT2D eigenvalue weighted by molar-refractivity contribution is -0.128. The van der Waals surface area contributed by atoms with Crippen LogP contribution in [-0.2, 0) is 14.8 Å². The van der Waals surface area contributed by atoms with Crippen LogP contribution in [0.3, 0.4) is 0 Å². The van der Waals surface area contributed by atoms with Gasteiger partial charge in [0.1, 0.15) is 5.78 Å². The van der Waals surface area contributed by atoms with E-state index in [0.29, 0.717) is 18.8 Å². The van der Waals surface area contributed by atoms with Gasteiger partial charge < -0.3 is 4.98 Å². The number of benzene rings is 2. The number of aromatic amines is 1. The predicted octanol–water partition coefficient (Wildman–Crippen LogP) is 4.61. The molecule has 2 bridgehead atoms. The summed E-state index contributed by atoms with van der Waals surface area (Å²) in [7, 11) is -3.64.